The Kier molecular flexibility index (Phi) is 18.9. The second-order valence-corrected chi connectivity index (χ2v) is 15.8. The van der Waals surface area contributed by atoms with Crippen LogP contribution in [0.1, 0.15) is 79.2 Å². The van der Waals surface area contributed by atoms with Gasteiger partial charge in [0.25, 0.3) is 0 Å². The Morgan fingerprint density at radius 2 is 1.67 bits per heavy atom. The lowest BCUT2D eigenvalue weighted by atomic mass is 9.78. The molecule has 0 aromatic heterocycles. The van der Waals surface area contributed by atoms with Crippen molar-refractivity contribution in [2.45, 2.75) is 92.2 Å². The van der Waals surface area contributed by atoms with E-state index in [2.05, 4.69) is 13.8 Å². The van der Waals surface area contributed by atoms with E-state index in [9.17, 15) is 19.2 Å². The van der Waals surface area contributed by atoms with Crippen LogP contribution in [-0.2, 0) is 49.2 Å². The minimum Gasteiger partial charge on any atom is -0.493 e. The van der Waals surface area contributed by atoms with Gasteiger partial charge in [-0.05, 0) is 61.1 Å². The van der Waals surface area contributed by atoms with Gasteiger partial charge in [0.15, 0.2) is 11.5 Å². The van der Waals surface area contributed by atoms with Gasteiger partial charge in [-0.3, -0.25) is 14.5 Å². The smallest absolute Gasteiger partial charge is 0.493 e. The normalized spacial score (nSPS) is 18.9. The number of carbonyl (C=O) groups is 4. The summed E-state index contributed by atoms with van der Waals surface area (Å²) < 4.78 is 49.0. The molecule has 0 radical (unpaired) electrons. The summed E-state index contributed by atoms with van der Waals surface area (Å²) in [6.07, 6.45) is 0.637. The zero-order valence-electron chi connectivity index (χ0n) is 34.0. The molecule has 15 heteroatoms. The minimum absolute atomic E-state index is 0.0163. The quantitative estimate of drug-likeness (QED) is 0.0809. The van der Waals surface area contributed by atoms with Crippen LogP contribution in [0.5, 0.6) is 11.5 Å². The first-order valence-electron chi connectivity index (χ1n) is 19.3. The topological polar surface area (TPSA) is 181 Å². The number of hydrogen-bond donors (Lipinski definition) is 1. The summed E-state index contributed by atoms with van der Waals surface area (Å²) in [4.78, 5) is 53.0. The fraction of sp³-hybridized carbons (Fsp3) is 0.750. The van der Waals surface area contributed by atoms with E-state index in [1.54, 1.807) is 28.1 Å². The third kappa shape index (κ3) is 14.7. The first-order chi connectivity index (χ1) is 26.2. The second-order valence-electron chi connectivity index (χ2n) is 15.8. The van der Waals surface area contributed by atoms with Crippen molar-refractivity contribution >= 4 is 23.9 Å². The largest absolute Gasteiger partial charge is 0.511 e. The summed E-state index contributed by atoms with van der Waals surface area (Å²) in [5.74, 6) is 0.572. The zero-order valence-corrected chi connectivity index (χ0v) is 34.0. The summed E-state index contributed by atoms with van der Waals surface area (Å²) in [5, 5.41) is 0. The molecule has 0 unspecified atom stereocenters. The Morgan fingerprint density at radius 3 is 2.31 bits per heavy atom. The van der Waals surface area contributed by atoms with Gasteiger partial charge in [-0.25, -0.2) is 9.59 Å². The number of hydrogen-bond acceptors (Lipinski definition) is 13. The first-order valence-corrected chi connectivity index (χ1v) is 19.3. The summed E-state index contributed by atoms with van der Waals surface area (Å²) in [7, 11) is 3.25. The van der Waals surface area contributed by atoms with Crippen molar-refractivity contribution in [2.24, 2.45) is 40.7 Å². The molecule has 1 aromatic rings. The number of nitrogens with two attached hydrogens (primary N) is 1. The number of rotatable bonds is 23. The number of benzene rings is 1. The highest BCUT2D eigenvalue weighted by Crippen LogP contribution is 2.36. The van der Waals surface area contributed by atoms with E-state index in [4.69, 9.17) is 48.4 Å². The van der Waals surface area contributed by atoms with Crippen molar-refractivity contribution in [1.82, 2.24) is 4.90 Å². The first kappa shape index (κ1) is 45.7. The molecule has 2 aliphatic rings. The molecule has 2 amide bonds. The van der Waals surface area contributed by atoms with Crippen LogP contribution in [0.4, 0.5) is 9.59 Å². The van der Waals surface area contributed by atoms with Crippen LogP contribution in [0, 0.1) is 35.0 Å². The highest BCUT2D eigenvalue weighted by atomic mass is 16.8. The second kappa shape index (κ2) is 22.8. The third-order valence-electron chi connectivity index (χ3n) is 10.5. The molecule has 4 atom stereocenters. The number of ketones is 1. The van der Waals surface area contributed by atoms with E-state index in [0.29, 0.717) is 63.6 Å². The van der Waals surface area contributed by atoms with E-state index in [0.717, 1.165) is 12.0 Å². The van der Waals surface area contributed by atoms with E-state index in [1.165, 1.54) is 4.90 Å². The van der Waals surface area contributed by atoms with Gasteiger partial charge in [0.1, 0.15) is 25.9 Å². The molecule has 2 fully saturated rings. The van der Waals surface area contributed by atoms with Crippen LogP contribution >= 0.6 is 0 Å². The van der Waals surface area contributed by atoms with Crippen LogP contribution in [0.2, 0.25) is 0 Å². The monoisotopic (exact) mass is 780 g/mol. The van der Waals surface area contributed by atoms with Crippen molar-refractivity contribution in [3.05, 3.63) is 23.8 Å². The molecule has 1 aromatic carbocycles. The lowest BCUT2D eigenvalue weighted by Gasteiger charge is -2.33. The maximum Gasteiger partial charge on any atom is 0.511 e. The Hall–Kier alpha value is -3.66. The zero-order chi connectivity index (χ0) is 40.5. The van der Waals surface area contributed by atoms with Gasteiger partial charge in [-0.2, -0.15) is 0 Å². The van der Waals surface area contributed by atoms with Crippen molar-refractivity contribution < 1.29 is 61.8 Å². The molecule has 15 nitrogen and oxygen atoms in total. The van der Waals surface area contributed by atoms with Gasteiger partial charge < -0.3 is 48.4 Å². The SMILES string of the molecule is COCCCOc1cc(C[C@@H](C[C@H]2[C@H](C[C@H](C(=O)CCC(C)(C)C(N)=O)C(C)C)OCN2C(=O)OCOC(=O)OCC2COCOC2)C(C)C)ccc1OC. The van der Waals surface area contributed by atoms with Crippen molar-refractivity contribution in [1.29, 1.82) is 0 Å². The molecule has 3 rings (SSSR count). The Morgan fingerprint density at radius 1 is 0.945 bits per heavy atom. The minimum atomic E-state index is -0.982. The summed E-state index contributed by atoms with van der Waals surface area (Å²) in [6, 6.07) is 5.43. The number of carbonyl (C=O) groups excluding carboxylic acids is 4. The molecule has 0 bridgehead atoms. The number of nitrogens with zero attached hydrogens (tertiary/aromatic N) is 1. The number of primary amides is 1. The summed E-state index contributed by atoms with van der Waals surface area (Å²) >= 11 is 0. The molecule has 2 N–H and O–H groups in total. The predicted molar refractivity (Wildman–Crippen MR) is 201 cm³/mol. The third-order valence-corrected chi connectivity index (χ3v) is 10.5. The van der Waals surface area contributed by atoms with E-state index < -0.39 is 42.5 Å². The van der Waals surface area contributed by atoms with E-state index >= 15 is 0 Å². The molecule has 2 saturated heterocycles. The highest BCUT2D eigenvalue weighted by Gasteiger charge is 2.43. The van der Waals surface area contributed by atoms with Crippen LogP contribution in [0.3, 0.4) is 0 Å². The molecule has 0 spiro atoms. The molecule has 0 aliphatic carbocycles. The van der Waals surface area contributed by atoms with Crippen LogP contribution < -0.4 is 15.2 Å². The Balaban J connectivity index is 1.78. The standard InChI is InChI=1S/C40H64N2O13/c1-26(2)30(16-28-10-11-34(48-8)36(17-28)51-15-9-14-47-7)18-32-35(19-31(27(3)4)33(43)12-13-40(5,6)37(41)44)53-23-42(32)38(45)54-25-55-39(46)52-22-29-20-49-24-50-21-29/h10-11,17,26-27,29-32,35H,9,12-16,18-25H2,1-8H3,(H2,41,44)/t30-,31-,32-,35-/m0/s1. The van der Waals surface area contributed by atoms with Crippen LogP contribution in [-0.4, -0.2) is 109 Å². The molecule has 2 heterocycles. The van der Waals surface area contributed by atoms with Crippen LogP contribution in [0.15, 0.2) is 18.2 Å². The highest BCUT2D eigenvalue weighted by molar-refractivity contribution is 5.84. The van der Waals surface area contributed by atoms with Crippen LogP contribution in [0.25, 0.3) is 0 Å². The number of Topliss-reactive ketones (excluding diaryl/α,β-unsaturated/α-hetero) is 1. The lowest BCUT2D eigenvalue weighted by Crippen LogP contribution is -2.43. The fourth-order valence-corrected chi connectivity index (χ4v) is 6.67. The predicted octanol–water partition coefficient (Wildman–Crippen LogP) is 5.73. The summed E-state index contributed by atoms with van der Waals surface area (Å²) in [6.45, 7) is 13.1. The van der Waals surface area contributed by atoms with Gasteiger partial charge >= 0.3 is 12.2 Å². The average molecular weight is 781 g/mol. The van der Waals surface area contributed by atoms with E-state index in [1.807, 2.05) is 32.0 Å². The Labute approximate surface area is 326 Å². The average Bonchev–Trinajstić information content (AvgIpc) is 3.55. The number of methoxy groups -OCH3 is 2. The van der Waals surface area contributed by atoms with E-state index in [-0.39, 0.29) is 61.9 Å². The van der Waals surface area contributed by atoms with Crippen molar-refractivity contribution in [2.75, 3.05) is 67.6 Å². The van der Waals surface area contributed by atoms with Gasteiger partial charge in [0, 0.05) is 43.8 Å². The molecule has 55 heavy (non-hydrogen) atoms. The van der Waals surface area contributed by atoms with Gasteiger partial charge in [0.05, 0.1) is 39.1 Å². The van der Waals surface area contributed by atoms with Crippen molar-refractivity contribution in [3.8, 4) is 11.5 Å². The van der Waals surface area contributed by atoms with Gasteiger partial charge in [-0.15, -0.1) is 0 Å². The summed E-state index contributed by atoms with van der Waals surface area (Å²) in [5.41, 5.74) is 5.80. The number of amides is 2. The number of ether oxygens (including phenoxy) is 9. The molecular weight excluding hydrogens is 716 g/mol. The molecular formula is C40H64N2O13. The molecule has 2 aliphatic heterocycles. The van der Waals surface area contributed by atoms with Gasteiger partial charge in [-0.1, -0.05) is 47.6 Å². The Bertz CT molecular complexity index is 1360. The maximum absolute atomic E-state index is 13.7. The molecule has 312 valence electrons. The molecule has 0 saturated carbocycles. The van der Waals surface area contributed by atoms with Gasteiger partial charge in [0.2, 0.25) is 12.7 Å². The lowest BCUT2D eigenvalue weighted by molar-refractivity contribution is -0.136. The maximum atomic E-state index is 13.7. The van der Waals surface area contributed by atoms with Crippen molar-refractivity contribution in [3.63, 3.8) is 0 Å². The fourth-order valence-electron chi connectivity index (χ4n) is 6.67.